The minimum atomic E-state index is -1.10. The SMILES string of the molecule is C=CCN(Cc1ccccc1)C(=O)C1N(CCCCCO)C(=O)[C@@H]2[C@@H](C(=O)OCC)[C@@H]3OC12CC3Br. The van der Waals surface area contributed by atoms with E-state index in [0.29, 0.717) is 38.9 Å². The predicted octanol–water partition coefficient (Wildman–Crippen LogP) is 2.67. The largest absolute Gasteiger partial charge is 0.466 e. The van der Waals surface area contributed by atoms with Crippen LogP contribution in [0.15, 0.2) is 43.0 Å². The van der Waals surface area contributed by atoms with Crippen molar-refractivity contribution in [3.05, 3.63) is 48.6 Å². The fourth-order valence-electron chi connectivity index (χ4n) is 6.09. The molecular weight excluding hydrogens is 528 g/mol. The molecule has 1 aromatic carbocycles. The van der Waals surface area contributed by atoms with Crippen LogP contribution in [0, 0.1) is 11.8 Å². The normalized spacial score (nSPS) is 30.4. The maximum Gasteiger partial charge on any atom is 0.312 e. The van der Waals surface area contributed by atoms with E-state index in [-0.39, 0.29) is 29.9 Å². The summed E-state index contributed by atoms with van der Waals surface area (Å²) in [5.74, 6) is -2.40. The number of carbonyl (C=O) groups is 3. The number of nitrogens with zero attached hydrogens (tertiary/aromatic N) is 2. The standard InChI is InChI=1S/C27H35BrN2O6/c1-3-13-29(17-18-11-7-5-8-12-18)25(33)23-27-16-19(28)22(36-27)20(26(34)35-4-2)21(27)24(32)30(23)14-9-6-10-15-31/h3,5,7-8,11-12,19-23,31H,1,4,6,9-10,13-17H2,2H3/t19?,20-,21+,22-,23?,27?/m1/s1. The molecule has 3 aliphatic rings. The van der Waals surface area contributed by atoms with E-state index in [1.165, 1.54) is 0 Å². The molecule has 6 atom stereocenters. The third-order valence-corrected chi connectivity index (χ3v) is 8.36. The molecule has 1 N–H and O–H groups in total. The molecule has 9 heteroatoms. The minimum absolute atomic E-state index is 0.0774. The van der Waals surface area contributed by atoms with Gasteiger partial charge in [0.2, 0.25) is 11.8 Å². The lowest BCUT2D eigenvalue weighted by Gasteiger charge is -2.37. The lowest BCUT2D eigenvalue weighted by Crippen LogP contribution is -2.56. The molecule has 3 saturated heterocycles. The number of amides is 2. The van der Waals surface area contributed by atoms with Crippen LogP contribution in [-0.2, 0) is 30.4 Å². The van der Waals surface area contributed by atoms with E-state index in [1.807, 2.05) is 30.3 Å². The van der Waals surface area contributed by atoms with Gasteiger partial charge in [-0.05, 0) is 38.2 Å². The molecule has 0 aliphatic carbocycles. The van der Waals surface area contributed by atoms with E-state index in [9.17, 15) is 19.5 Å². The molecule has 4 rings (SSSR count). The number of fused-ring (bicyclic) bond motifs is 1. The Hall–Kier alpha value is -2.23. The number of halogens is 1. The summed E-state index contributed by atoms with van der Waals surface area (Å²) in [7, 11) is 0. The molecule has 1 aromatic rings. The maximum absolute atomic E-state index is 14.3. The number of esters is 1. The molecule has 0 saturated carbocycles. The highest BCUT2D eigenvalue weighted by atomic mass is 79.9. The van der Waals surface area contributed by atoms with Crippen LogP contribution in [0.3, 0.4) is 0 Å². The van der Waals surface area contributed by atoms with Gasteiger partial charge in [-0.3, -0.25) is 14.4 Å². The Morgan fingerprint density at radius 1 is 1.31 bits per heavy atom. The molecular formula is C27H35BrN2O6. The maximum atomic E-state index is 14.3. The monoisotopic (exact) mass is 562 g/mol. The van der Waals surface area contributed by atoms with Crippen molar-refractivity contribution in [3.8, 4) is 0 Å². The zero-order valence-corrected chi connectivity index (χ0v) is 22.3. The molecule has 3 aliphatic heterocycles. The molecule has 3 fully saturated rings. The summed E-state index contributed by atoms with van der Waals surface area (Å²) in [5.41, 5.74) is -0.127. The number of rotatable bonds is 12. The van der Waals surface area contributed by atoms with Gasteiger partial charge in [0.05, 0.1) is 24.5 Å². The highest BCUT2D eigenvalue weighted by molar-refractivity contribution is 9.09. The van der Waals surface area contributed by atoms with Gasteiger partial charge in [-0.2, -0.15) is 0 Å². The van der Waals surface area contributed by atoms with Gasteiger partial charge in [0.1, 0.15) is 11.6 Å². The van der Waals surface area contributed by atoms with E-state index < -0.39 is 35.6 Å². The van der Waals surface area contributed by atoms with Crippen LogP contribution in [0.4, 0.5) is 0 Å². The minimum Gasteiger partial charge on any atom is -0.466 e. The molecule has 0 radical (unpaired) electrons. The Morgan fingerprint density at radius 3 is 2.72 bits per heavy atom. The van der Waals surface area contributed by atoms with Gasteiger partial charge < -0.3 is 24.4 Å². The summed E-state index contributed by atoms with van der Waals surface area (Å²) >= 11 is 3.67. The number of hydrogen-bond acceptors (Lipinski definition) is 6. The zero-order chi connectivity index (χ0) is 25.9. The van der Waals surface area contributed by atoms with Gasteiger partial charge in [-0.25, -0.2) is 0 Å². The fraction of sp³-hybridized carbons (Fsp3) is 0.593. The highest BCUT2D eigenvalue weighted by Gasteiger charge is 2.77. The van der Waals surface area contributed by atoms with Crippen LogP contribution in [0.1, 0.15) is 38.2 Å². The van der Waals surface area contributed by atoms with Crippen LogP contribution in [-0.4, -0.2) is 81.6 Å². The molecule has 8 nitrogen and oxygen atoms in total. The Kier molecular flexibility index (Phi) is 8.52. The number of likely N-dealkylation sites (tertiary alicyclic amines) is 1. The van der Waals surface area contributed by atoms with E-state index >= 15 is 0 Å². The molecule has 2 bridgehead atoms. The number of aliphatic hydroxyl groups is 1. The smallest absolute Gasteiger partial charge is 0.312 e. The van der Waals surface area contributed by atoms with Crippen molar-refractivity contribution in [2.45, 2.75) is 61.7 Å². The van der Waals surface area contributed by atoms with Gasteiger partial charge in [-0.1, -0.05) is 52.3 Å². The van der Waals surface area contributed by atoms with Gasteiger partial charge in [0.25, 0.3) is 0 Å². The number of aliphatic hydroxyl groups excluding tert-OH is 1. The van der Waals surface area contributed by atoms with Crippen LogP contribution in [0.2, 0.25) is 0 Å². The van der Waals surface area contributed by atoms with Gasteiger partial charge in [0, 0.05) is 31.1 Å². The predicted molar refractivity (Wildman–Crippen MR) is 137 cm³/mol. The van der Waals surface area contributed by atoms with Crippen LogP contribution in [0.5, 0.6) is 0 Å². The molecule has 3 unspecified atom stereocenters. The number of alkyl halides is 1. The summed E-state index contributed by atoms with van der Waals surface area (Å²) in [4.78, 5) is 44.3. The van der Waals surface area contributed by atoms with Crippen molar-refractivity contribution in [2.24, 2.45) is 11.8 Å². The van der Waals surface area contributed by atoms with Crippen LogP contribution in [0.25, 0.3) is 0 Å². The van der Waals surface area contributed by atoms with Gasteiger partial charge in [0.15, 0.2) is 0 Å². The van der Waals surface area contributed by atoms with E-state index in [4.69, 9.17) is 9.47 Å². The number of benzene rings is 1. The molecule has 196 valence electrons. The summed E-state index contributed by atoms with van der Waals surface area (Å²) < 4.78 is 11.8. The van der Waals surface area contributed by atoms with Gasteiger partial charge in [-0.15, -0.1) is 6.58 Å². The topological polar surface area (TPSA) is 96.4 Å². The van der Waals surface area contributed by atoms with Crippen molar-refractivity contribution in [1.82, 2.24) is 9.80 Å². The Labute approximate surface area is 220 Å². The number of unbranched alkanes of at least 4 members (excludes halogenated alkanes) is 2. The number of carbonyl (C=O) groups excluding carboxylic acids is 3. The molecule has 1 spiro atoms. The first kappa shape index (κ1) is 26.8. The Bertz CT molecular complexity index is 974. The summed E-state index contributed by atoms with van der Waals surface area (Å²) in [6, 6.07) is 8.84. The summed E-state index contributed by atoms with van der Waals surface area (Å²) in [6.07, 6.45) is 3.61. The van der Waals surface area contributed by atoms with Crippen molar-refractivity contribution in [2.75, 3.05) is 26.3 Å². The second kappa shape index (κ2) is 11.4. The van der Waals surface area contributed by atoms with Crippen molar-refractivity contribution in [1.29, 1.82) is 0 Å². The van der Waals surface area contributed by atoms with Crippen molar-refractivity contribution < 1.29 is 29.0 Å². The quantitative estimate of drug-likeness (QED) is 0.182. The molecule has 0 aromatic heterocycles. The Morgan fingerprint density at radius 2 is 2.06 bits per heavy atom. The molecule has 3 heterocycles. The van der Waals surface area contributed by atoms with Crippen LogP contribution < -0.4 is 0 Å². The third-order valence-electron chi connectivity index (χ3n) is 7.52. The van der Waals surface area contributed by atoms with Gasteiger partial charge >= 0.3 is 5.97 Å². The fourth-order valence-corrected chi connectivity index (χ4v) is 7.04. The second-order valence-corrected chi connectivity index (χ2v) is 10.9. The lowest BCUT2D eigenvalue weighted by molar-refractivity contribution is -0.154. The summed E-state index contributed by atoms with van der Waals surface area (Å²) in [5, 5.41) is 9.19. The first-order chi connectivity index (χ1) is 17.4. The van der Waals surface area contributed by atoms with Crippen molar-refractivity contribution >= 4 is 33.7 Å². The third kappa shape index (κ3) is 4.73. The lowest BCUT2D eigenvalue weighted by atomic mass is 9.70. The van der Waals surface area contributed by atoms with Crippen molar-refractivity contribution in [3.63, 3.8) is 0 Å². The molecule has 2 amide bonds. The number of hydrogen-bond donors (Lipinski definition) is 1. The first-order valence-electron chi connectivity index (χ1n) is 12.7. The van der Waals surface area contributed by atoms with Crippen LogP contribution >= 0.6 is 15.9 Å². The average Bonchev–Trinajstić information content (AvgIpc) is 3.45. The Balaban J connectivity index is 1.70. The zero-order valence-electron chi connectivity index (χ0n) is 20.7. The molecule has 36 heavy (non-hydrogen) atoms. The number of ether oxygens (including phenoxy) is 2. The van der Waals surface area contributed by atoms with E-state index in [1.54, 1.807) is 22.8 Å². The first-order valence-corrected chi connectivity index (χ1v) is 13.6. The van der Waals surface area contributed by atoms with E-state index in [2.05, 4.69) is 22.5 Å². The summed E-state index contributed by atoms with van der Waals surface area (Å²) in [6.45, 7) is 6.91. The second-order valence-electron chi connectivity index (χ2n) is 9.72. The average molecular weight is 563 g/mol. The van der Waals surface area contributed by atoms with E-state index in [0.717, 1.165) is 12.0 Å². The highest BCUT2D eigenvalue weighted by Crippen LogP contribution is 2.60.